The molecule has 1 aliphatic heterocycles. The van der Waals surface area contributed by atoms with E-state index in [-0.39, 0.29) is 12.0 Å². The third-order valence-electron chi connectivity index (χ3n) is 3.34. The maximum atomic E-state index is 11.9. The van der Waals surface area contributed by atoms with E-state index in [0.717, 1.165) is 19.4 Å². The van der Waals surface area contributed by atoms with Crippen molar-refractivity contribution < 1.29 is 9.53 Å². The lowest BCUT2D eigenvalue weighted by atomic mass is 9.97. The van der Waals surface area contributed by atoms with Crippen LogP contribution in [-0.4, -0.2) is 62.1 Å². The van der Waals surface area contributed by atoms with E-state index in [4.69, 9.17) is 4.74 Å². The van der Waals surface area contributed by atoms with Crippen LogP contribution in [-0.2, 0) is 9.53 Å². The van der Waals surface area contributed by atoms with Crippen molar-refractivity contribution in [2.24, 2.45) is 0 Å². The van der Waals surface area contributed by atoms with Gasteiger partial charge in [0.1, 0.15) is 12.6 Å². The number of ether oxygens (including phenoxy) is 1. The van der Waals surface area contributed by atoms with Crippen LogP contribution in [0.3, 0.4) is 0 Å². The van der Waals surface area contributed by atoms with E-state index in [1.54, 1.807) is 0 Å². The number of piperidine rings is 1. The van der Waals surface area contributed by atoms with Crippen LogP contribution in [0.25, 0.3) is 0 Å². The largest absolute Gasteiger partial charge is 0.463 e. The summed E-state index contributed by atoms with van der Waals surface area (Å²) >= 11 is 0. The lowest BCUT2D eigenvalue weighted by Crippen LogP contribution is -2.47. The van der Waals surface area contributed by atoms with E-state index in [2.05, 4.69) is 11.8 Å². The molecule has 0 aliphatic carbocycles. The molecule has 0 aromatic heterocycles. The normalized spacial score (nSPS) is 27.1. The predicted molar refractivity (Wildman–Crippen MR) is 64.4 cm³/mol. The third kappa shape index (κ3) is 3.76. The summed E-state index contributed by atoms with van der Waals surface area (Å²) < 4.78 is 5.29. The highest BCUT2D eigenvalue weighted by Gasteiger charge is 2.30. The summed E-state index contributed by atoms with van der Waals surface area (Å²) in [5.74, 6) is -0.0594. The molecule has 4 nitrogen and oxygen atoms in total. The second-order valence-electron chi connectivity index (χ2n) is 4.93. The fourth-order valence-corrected chi connectivity index (χ4v) is 2.03. The van der Waals surface area contributed by atoms with Crippen molar-refractivity contribution in [3.63, 3.8) is 0 Å². The van der Waals surface area contributed by atoms with Crippen molar-refractivity contribution >= 4 is 5.97 Å². The van der Waals surface area contributed by atoms with Crippen LogP contribution in [0.2, 0.25) is 0 Å². The van der Waals surface area contributed by atoms with Crippen LogP contribution in [0.4, 0.5) is 0 Å². The fraction of sp³-hybridized carbons (Fsp3) is 0.917. The SMILES string of the molecule is CC1CCCC(C(=O)OCCN(C)C)N1C. The van der Waals surface area contributed by atoms with E-state index in [0.29, 0.717) is 12.6 Å². The minimum atomic E-state index is -0.0594. The van der Waals surface area contributed by atoms with Crippen LogP contribution < -0.4 is 0 Å². The van der Waals surface area contributed by atoms with Gasteiger partial charge in [0.2, 0.25) is 0 Å². The molecule has 16 heavy (non-hydrogen) atoms. The van der Waals surface area contributed by atoms with Gasteiger partial charge < -0.3 is 9.64 Å². The quantitative estimate of drug-likeness (QED) is 0.671. The van der Waals surface area contributed by atoms with Gasteiger partial charge in [0.15, 0.2) is 0 Å². The molecule has 0 bridgehead atoms. The molecule has 1 rings (SSSR count). The minimum absolute atomic E-state index is 0.0362. The topological polar surface area (TPSA) is 32.8 Å². The zero-order chi connectivity index (χ0) is 12.1. The maximum absolute atomic E-state index is 11.9. The number of hydrogen-bond acceptors (Lipinski definition) is 4. The van der Waals surface area contributed by atoms with Gasteiger partial charge in [-0.25, -0.2) is 0 Å². The summed E-state index contributed by atoms with van der Waals surface area (Å²) in [5, 5.41) is 0. The maximum Gasteiger partial charge on any atom is 0.323 e. The van der Waals surface area contributed by atoms with Gasteiger partial charge in [-0.15, -0.1) is 0 Å². The van der Waals surface area contributed by atoms with Crippen molar-refractivity contribution in [2.45, 2.75) is 38.3 Å². The Hall–Kier alpha value is -0.610. The zero-order valence-corrected chi connectivity index (χ0v) is 10.9. The Balaban J connectivity index is 2.35. The van der Waals surface area contributed by atoms with Crippen LogP contribution >= 0.6 is 0 Å². The molecule has 0 N–H and O–H groups in total. The number of likely N-dealkylation sites (tertiary alicyclic amines) is 1. The Morgan fingerprint density at radius 3 is 2.75 bits per heavy atom. The van der Waals surface area contributed by atoms with Crippen molar-refractivity contribution in [3.05, 3.63) is 0 Å². The minimum Gasteiger partial charge on any atom is -0.463 e. The molecule has 2 unspecified atom stereocenters. The van der Waals surface area contributed by atoms with E-state index < -0.39 is 0 Å². The summed E-state index contributed by atoms with van der Waals surface area (Å²) in [4.78, 5) is 16.0. The average Bonchev–Trinajstić information content (AvgIpc) is 2.21. The van der Waals surface area contributed by atoms with E-state index >= 15 is 0 Å². The van der Waals surface area contributed by atoms with Crippen molar-refractivity contribution in [1.29, 1.82) is 0 Å². The molecule has 94 valence electrons. The van der Waals surface area contributed by atoms with Crippen LogP contribution in [0.5, 0.6) is 0 Å². The summed E-state index contributed by atoms with van der Waals surface area (Å²) in [5.41, 5.74) is 0. The summed E-state index contributed by atoms with van der Waals surface area (Å²) in [7, 11) is 5.97. The summed E-state index contributed by atoms with van der Waals surface area (Å²) in [6, 6.07) is 0.450. The molecule has 0 radical (unpaired) electrons. The molecule has 1 aliphatic rings. The van der Waals surface area contributed by atoms with Crippen LogP contribution in [0.1, 0.15) is 26.2 Å². The van der Waals surface area contributed by atoms with Gasteiger partial charge in [0.05, 0.1) is 0 Å². The average molecular weight is 228 g/mol. The molecule has 0 aromatic rings. The first kappa shape index (κ1) is 13.5. The molecular weight excluding hydrogens is 204 g/mol. The van der Waals surface area contributed by atoms with Gasteiger partial charge >= 0.3 is 5.97 Å². The number of nitrogens with zero attached hydrogens (tertiary/aromatic N) is 2. The van der Waals surface area contributed by atoms with Crippen LogP contribution in [0.15, 0.2) is 0 Å². The third-order valence-corrected chi connectivity index (χ3v) is 3.34. The molecule has 4 heteroatoms. The molecule has 0 saturated carbocycles. The molecule has 0 aromatic carbocycles. The molecule has 0 spiro atoms. The molecule has 1 heterocycles. The zero-order valence-electron chi connectivity index (χ0n) is 10.9. The second-order valence-corrected chi connectivity index (χ2v) is 4.93. The van der Waals surface area contributed by atoms with Crippen molar-refractivity contribution in [1.82, 2.24) is 9.80 Å². The Kier molecular flexibility index (Phi) is 5.22. The highest BCUT2D eigenvalue weighted by molar-refractivity contribution is 5.75. The lowest BCUT2D eigenvalue weighted by Gasteiger charge is -2.36. The molecular formula is C12H24N2O2. The lowest BCUT2D eigenvalue weighted by molar-refractivity contribution is -0.152. The van der Waals surface area contributed by atoms with Crippen LogP contribution in [0, 0.1) is 0 Å². The molecule has 2 atom stereocenters. The van der Waals surface area contributed by atoms with Gasteiger partial charge in [0.25, 0.3) is 0 Å². The Labute approximate surface area is 98.5 Å². The summed E-state index contributed by atoms with van der Waals surface area (Å²) in [6.07, 6.45) is 3.23. The predicted octanol–water partition coefficient (Wildman–Crippen LogP) is 0.964. The Bertz CT molecular complexity index is 231. The highest BCUT2D eigenvalue weighted by atomic mass is 16.5. The number of esters is 1. The van der Waals surface area contributed by atoms with Gasteiger partial charge in [-0.2, -0.15) is 0 Å². The number of rotatable bonds is 4. The van der Waals surface area contributed by atoms with E-state index in [1.807, 2.05) is 26.0 Å². The fourth-order valence-electron chi connectivity index (χ4n) is 2.03. The first-order valence-electron chi connectivity index (χ1n) is 6.05. The highest BCUT2D eigenvalue weighted by Crippen LogP contribution is 2.21. The van der Waals surface area contributed by atoms with Gasteiger partial charge in [-0.3, -0.25) is 9.69 Å². The van der Waals surface area contributed by atoms with Crippen molar-refractivity contribution in [2.75, 3.05) is 34.3 Å². The van der Waals surface area contributed by atoms with Gasteiger partial charge in [0, 0.05) is 12.6 Å². The molecule has 1 saturated heterocycles. The second kappa shape index (κ2) is 6.21. The molecule has 0 amide bonds. The monoisotopic (exact) mass is 228 g/mol. The van der Waals surface area contributed by atoms with Gasteiger partial charge in [-0.1, -0.05) is 0 Å². The van der Waals surface area contributed by atoms with E-state index in [9.17, 15) is 4.79 Å². The van der Waals surface area contributed by atoms with Gasteiger partial charge in [-0.05, 0) is 47.3 Å². The summed E-state index contributed by atoms with van der Waals surface area (Å²) in [6.45, 7) is 3.45. The number of carbonyl (C=O) groups is 1. The number of carbonyl (C=O) groups excluding carboxylic acids is 1. The Morgan fingerprint density at radius 1 is 1.44 bits per heavy atom. The standard InChI is InChI=1S/C12H24N2O2/c1-10-6-5-7-11(14(10)4)12(15)16-9-8-13(2)3/h10-11H,5-9H2,1-4H3. The first-order chi connectivity index (χ1) is 7.52. The molecule has 1 fully saturated rings. The number of hydrogen-bond donors (Lipinski definition) is 0. The first-order valence-corrected chi connectivity index (χ1v) is 6.05. The van der Waals surface area contributed by atoms with Crippen molar-refractivity contribution in [3.8, 4) is 0 Å². The Morgan fingerprint density at radius 2 is 2.12 bits per heavy atom. The number of likely N-dealkylation sites (N-methyl/N-ethyl adjacent to an activating group) is 2. The van der Waals surface area contributed by atoms with E-state index in [1.165, 1.54) is 6.42 Å². The smallest absolute Gasteiger partial charge is 0.323 e.